The summed E-state index contributed by atoms with van der Waals surface area (Å²) in [5, 5.41) is 3.26. The van der Waals surface area contributed by atoms with Crippen LogP contribution in [-0.4, -0.2) is 24.4 Å². The van der Waals surface area contributed by atoms with Crippen molar-refractivity contribution >= 4 is 23.2 Å². The summed E-state index contributed by atoms with van der Waals surface area (Å²) in [6, 6.07) is 10.3. The highest BCUT2D eigenvalue weighted by Crippen LogP contribution is 2.21. The molecule has 0 radical (unpaired) electrons. The summed E-state index contributed by atoms with van der Waals surface area (Å²) in [6.45, 7) is 4.38. The number of likely N-dealkylation sites (N-methyl/N-ethyl adjacent to an activating group) is 1. The van der Waals surface area contributed by atoms with Crippen molar-refractivity contribution in [1.29, 1.82) is 0 Å². The van der Waals surface area contributed by atoms with E-state index in [-0.39, 0.29) is 24.8 Å². The van der Waals surface area contributed by atoms with Gasteiger partial charge >= 0.3 is 0 Å². The number of nitrogens with one attached hydrogen (secondary N) is 1. The Labute approximate surface area is 141 Å². The summed E-state index contributed by atoms with van der Waals surface area (Å²) in [6.07, 6.45) is 0. The highest BCUT2D eigenvalue weighted by atomic mass is 35.5. The average molecular weight is 335 g/mol. The molecule has 1 N–H and O–H groups in total. The number of anilines is 1. The maximum absolute atomic E-state index is 13.8. The van der Waals surface area contributed by atoms with Crippen LogP contribution in [0.25, 0.3) is 0 Å². The average Bonchev–Trinajstić information content (AvgIpc) is 2.48. The Hall–Kier alpha value is -1.91. The molecule has 0 atom stereocenters. The fourth-order valence-electron chi connectivity index (χ4n) is 2.33. The summed E-state index contributed by atoms with van der Waals surface area (Å²) in [4.78, 5) is 13.9. The van der Waals surface area contributed by atoms with Crippen molar-refractivity contribution in [2.45, 2.75) is 20.4 Å². The molecule has 2 rings (SSSR count). The van der Waals surface area contributed by atoms with Crippen LogP contribution in [0.1, 0.15) is 16.7 Å². The molecule has 0 aliphatic heterocycles. The van der Waals surface area contributed by atoms with Gasteiger partial charge in [-0.2, -0.15) is 0 Å². The lowest BCUT2D eigenvalue weighted by atomic mass is 10.1. The minimum Gasteiger partial charge on any atom is -0.325 e. The maximum atomic E-state index is 13.8. The summed E-state index contributed by atoms with van der Waals surface area (Å²) in [5.74, 6) is -0.507. The molecule has 0 saturated heterocycles. The van der Waals surface area contributed by atoms with E-state index in [0.29, 0.717) is 10.6 Å². The molecule has 23 heavy (non-hydrogen) atoms. The predicted octanol–water partition coefficient (Wildman–Crippen LogP) is 4.17. The van der Waals surface area contributed by atoms with Gasteiger partial charge in [0.2, 0.25) is 5.91 Å². The van der Waals surface area contributed by atoms with Crippen LogP contribution in [0, 0.1) is 19.7 Å². The summed E-state index contributed by atoms with van der Waals surface area (Å²) in [5.41, 5.74) is 3.36. The molecule has 0 aliphatic carbocycles. The molecule has 0 heterocycles. The van der Waals surface area contributed by atoms with Gasteiger partial charge in [0.25, 0.3) is 0 Å². The molecule has 0 bridgehead atoms. The van der Waals surface area contributed by atoms with Gasteiger partial charge in [0.05, 0.1) is 6.54 Å². The molecule has 0 unspecified atom stereocenters. The minimum atomic E-state index is -0.362. The van der Waals surface area contributed by atoms with E-state index >= 15 is 0 Å². The Morgan fingerprint density at radius 1 is 1.22 bits per heavy atom. The first-order valence-electron chi connectivity index (χ1n) is 7.36. The normalized spacial score (nSPS) is 10.9. The van der Waals surface area contributed by atoms with Crippen molar-refractivity contribution in [2.75, 3.05) is 18.9 Å². The minimum absolute atomic E-state index is 0.145. The van der Waals surface area contributed by atoms with Gasteiger partial charge in [-0.3, -0.25) is 9.69 Å². The second-order valence-electron chi connectivity index (χ2n) is 5.67. The number of rotatable bonds is 5. The lowest BCUT2D eigenvalue weighted by molar-refractivity contribution is -0.117. The third-order valence-electron chi connectivity index (χ3n) is 3.78. The molecule has 0 fully saturated rings. The molecular weight excluding hydrogens is 315 g/mol. The standard InChI is InChI=1S/C18H20ClFN2O/c1-12-6-4-9-17(13(12)2)21-18(23)11-22(3)10-14-15(19)7-5-8-16(14)20/h4-9H,10-11H2,1-3H3,(H,21,23). The van der Waals surface area contributed by atoms with Gasteiger partial charge in [-0.15, -0.1) is 0 Å². The Bertz CT molecular complexity index is 698. The van der Waals surface area contributed by atoms with Crippen molar-refractivity contribution in [1.82, 2.24) is 4.90 Å². The summed E-state index contributed by atoms with van der Waals surface area (Å²) < 4.78 is 13.8. The summed E-state index contributed by atoms with van der Waals surface area (Å²) in [7, 11) is 1.76. The molecular formula is C18H20ClFN2O. The molecule has 0 saturated carbocycles. The first kappa shape index (κ1) is 17.4. The first-order valence-corrected chi connectivity index (χ1v) is 7.73. The summed E-state index contributed by atoms with van der Waals surface area (Å²) >= 11 is 6.01. The molecule has 2 aromatic carbocycles. The van der Waals surface area contributed by atoms with Crippen LogP contribution >= 0.6 is 11.6 Å². The number of amides is 1. The Balaban J connectivity index is 1.99. The zero-order chi connectivity index (χ0) is 17.0. The van der Waals surface area contributed by atoms with Gasteiger partial charge in [0.1, 0.15) is 5.82 Å². The Morgan fingerprint density at radius 3 is 2.61 bits per heavy atom. The quantitative estimate of drug-likeness (QED) is 0.890. The van der Waals surface area contributed by atoms with Crippen molar-refractivity contribution in [3.63, 3.8) is 0 Å². The highest BCUT2D eigenvalue weighted by molar-refractivity contribution is 6.31. The number of benzene rings is 2. The molecule has 1 amide bonds. The molecule has 122 valence electrons. The number of hydrogen-bond acceptors (Lipinski definition) is 2. The van der Waals surface area contributed by atoms with Crippen molar-refractivity contribution in [2.24, 2.45) is 0 Å². The van der Waals surface area contributed by atoms with Gasteiger partial charge in [0.15, 0.2) is 0 Å². The van der Waals surface area contributed by atoms with E-state index in [2.05, 4.69) is 5.32 Å². The van der Waals surface area contributed by atoms with E-state index < -0.39 is 0 Å². The largest absolute Gasteiger partial charge is 0.325 e. The molecule has 0 aliphatic rings. The SMILES string of the molecule is Cc1cccc(NC(=O)CN(C)Cc2c(F)cccc2Cl)c1C. The van der Waals surface area contributed by atoms with E-state index in [4.69, 9.17) is 11.6 Å². The number of carbonyl (C=O) groups is 1. The lowest BCUT2D eigenvalue weighted by Crippen LogP contribution is -2.30. The van der Waals surface area contributed by atoms with Gasteiger partial charge in [-0.25, -0.2) is 4.39 Å². The number of nitrogens with zero attached hydrogens (tertiary/aromatic N) is 1. The second-order valence-corrected chi connectivity index (χ2v) is 6.08. The van der Waals surface area contributed by atoms with Crippen LogP contribution in [0.3, 0.4) is 0 Å². The van der Waals surface area contributed by atoms with Crippen molar-refractivity contribution in [3.05, 3.63) is 63.9 Å². The third-order valence-corrected chi connectivity index (χ3v) is 4.14. The van der Waals surface area contributed by atoms with E-state index in [1.54, 1.807) is 24.1 Å². The first-order chi connectivity index (χ1) is 10.9. The molecule has 2 aromatic rings. The third kappa shape index (κ3) is 4.53. The van der Waals surface area contributed by atoms with E-state index in [1.165, 1.54) is 6.07 Å². The lowest BCUT2D eigenvalue weighted by Gasteiger charge is -2.18. The fraction of sp³-hybridized carbons (Fsp3) is 0.278. The van der Waals surface area contributed by atoms with Gasteiger partial charge in [0, 0.05) is 22.8 Å². The smallest absolute Gasteiger partial charge is 0.238 e. The molecule has 0 spiro atoms. The number of hydrogen-bond donors (Lipinski definition) is 1. The Morgan fingerprint density at radius 2 is 1.91 bits per heavy atom. The number of aryl methyl sites for hydroxylation is 1. The van der Waals surface area contributed by atoms with Crippen molar-refractivity contribution in [3.8, 4) is 0 Å². The molecule has 3 nitrogen and oxygen atoms in total. The van der Waals surface area contributed by atoms with Gasteiger partial charge < -0.3 is 5.32 Å². The maximum Gasteiger partial charge on any atom is 0.238 e. The van der Waals surface area contributed by atoms with Gasteiger partial charge in [-0.1, -0.05) is 29.8 Å². The van der Waals surface area contributed by atoms with Crippen LogP contribution in [0.4, 0.5) is 10.1 Å². The zero-order valence-electron chi connectivity index (χ0n) is 13.5. The second kappa shape index (κ2) is 7.57. The molecule has 0 aromatic heterocycles. The predicted molar refractivity (Wildman–Crippen MR) is 92.3 cm³/mol. The highest BCUT2D eigenvalue weighted by Gasteiger charge is 2.13. The molecule has 5 heteroatoms. The fourth-order valence-corrected chi connectivity index (χ4v) is 2.55. The van der Waals surface area contributed by atoms with Gasteiger partial charge in [-0.05, 0) is 50.2 Å². The van der Waals surface area contributed by atoms with E-state index in [9.17, 15) is 9.18 Å². The van der Waals surface area contributed by atoms with Crippen LogP contribution in [0.2, 0.25) is 5.02 Å². The van der Waals surface area contributed by atoms with Crippen LogP contribution < -0.4 is 5.32 Å². The number of halogens is 2. The Kier molecular flexibility index (Phi) is 5.74. The topological polar surface area (TPSA) is 32.3 Å². The van der Waals surface area contributed by atoms with Crippen LogP contribution in [0.15, 0.2) is 36.4 Å². The van der Waals surface area contributed by atoms with Crippen LogP contribution in [-0.2, 0) is 11.3 Å². The van der Waals surface area contributed by atoms with E-state index in [0.717, 1.165) is 16.8 Å². The monoisotopic (exact) mass is 334 g/mol. The van der Waals surface area contributed by atoms with E-state index in [1.807, 2.05) is 32.0 Å². The van der Waals surface area contributed by atoms with Crippen molar-refractivity contribution < 1.29 is 9.18 Å². The zero-order valence-corrected chi connectivity index (χ0v) is 14.2. The number of carbonyl (C=O) groups excluding carboxylic acids is 1. The van der Waals surface area contributed by atoms with Crippen LogP contribution in [0.5, 0.6) is 0 Å².